The molecular formula is C17H15BrClN3O3S. The molecule has 0 fully saturated rings. The Hall–Kier alpha value is -2.16. The summed E-state index contributed by atoms with van der Waals surface area (Å²) in [4.78, 5) is 15.3. The summed E-state index contributed by atoms with van der Waals surface area (Å²) in [5.41, 5.74) is 2.12. The summed E-state index contributed by atoms with van der Waals surface area (Å²) in [6.07, 6.45) is 0. The number of anilines is 2. The lowest BCUT2D eigenvalue weighted by molar-refractivity contribution is -0.385. The van der Waals surface area contributed by atoms with E-state index in [9.17, 15) is 10.1 Å². The van der Waals surface area contributed by atoms with Crippen LogP contribution < -0.4 is 10.1 Å². The molecule has 0 aliphatic rings. The SMILES string of the molecule is Br.CCOc1ccc(-c2csc(Nc3ccc(Cl)cc3)n2)cc1[N+](=O)[O-]. The first kappa shape index (κ1) is 20.2. The predicted molar refractivity (Wildman–Crippen MR) is 110 cm³/mol. The number of nitrogens with one attached hydrogen (secondary N) is 1. The number of halogens is 2. The van der Waals surface area contributed by atoms with Gasteiger partial charge in [-0.15, -0.1) is 28.3 Å². The fourth-order valence-electron chi connectivity index (χ4n) is 2.22. The summed E-state index contributed by atoms with van der Waals surface area (Å²) in [5.74, 6) is 0.256. The highest BCUT2D eigenvalue weighted by Crippen LogP contribution is 2.34. The van der Waals surface area contributed by atoms with Gasteiger partial charge >= 0.3 is 5.69 Å². The Balaban J connectivity index is 0.00000243. The average molecular weight is 457 g/mol. The molecule has 26 heavy (non-hydrogen) atoms. The summed E-state index contributed by atoms with van der Waals surface area (Å²) in [7, 11) is 0. The van der Waals surface area contributed by atoms with Gasteiger partial charge < -0.3 is 10.1 Å². The van der Waals surface area contributed by atoms with Crippen LogP contribution in [0.15, 0.2) is 47.8 Å². The van der Waals surface area contributed by atoms with E-state index in [1.165, 1.54) is 17.4 Å². The molecule has 0 spiro atoms. The van der Waals surface area contributed by atoms with E-state index in [0.717, 1.165) is 5.69 Å². The van der Waals surface area contributed by atoms with Crippen molar-refractivity contribution in [1.82, 2.24) is 4.98 Å². The molecule has 0 bridgehead atoms. The van der Waals surface area contributed by atoms with Gasteiger partial charge in [-0.2, -0.15) is 0 Å². The van der Waals surface area contributed by atoms with Gasteiger partial charge in [0.1, 0.15) is 0 Å². The molecule has 1 aromatic heterocycles. The molecular weight excluding hydrogens is 442 g/mol. The van der Waals surface area contributed by atoms with Crippen LogP contribution in [0.1, 0.15) is 6.92 Å². The molecule has 3 aromatic rings. The maximum Gasteiger partial charge on any atom is 0.311 e. The molecule has 0 radical (unpaired) electrons. The first-order chi connectivity index (χ1) is 12.1. The second kappa shape index (κ2) is 8.98. The zero-order valence-corrected chi connectivity index (χ0v) is 16.9. The average Bonchev–Trinajstić information content (AvgIpc) is 3.06. The molecule has 6 nitrogen and oxygen atoms in total. The number of nitrogens with zero attached hydrogens (tertiary/aromatic N) is 2. The van der Waals surface area contributed by atoms with Gasteiger partial charge in [0.25, 0.3) is 0 Å². The van der Waals surface area contributed by atoms with Gasteiger partial charge in [-0.05, 0) is 43.3 Å². The molecule has 9 heteroatoms. The van der Waals surface area contributed by atoms with E-state index in [2.05, 4.69) is 10.3 Å². The number of aromatic nitrogens is 1. The summed E-state index contributed by atoms with van der Waals surface area (Å²) in [6, 6.07) is 12.1. The predicted octanol–water partition coefficient (Wildman–Crippen LogP) is 6.09. The third kappa shape index (κ3) is 4.72. The minimum absolute atomic E-state index is 0. The molecule has 1 N–H and O–H groups in total. The molecule has 0 saturated heterocycles. The highest BCUT2D eigenvalue weighted by Gasteiger charge is 2.17. The summed E-state index contributed by atoms with van der Waals surface area (Å²) >= 11 is 7.28. The fourth-order valence-corrected chi connectivity index (χ4v) is 3.08. The Morgan fingerprint density at radius 1 is 1.27 bits per heavy atom. The number of nitro benzene ring substituents is 1. The molecule has 0 amide bonds. The third-order valence-corrected chi connectivity index (χ3v) is 4.36. The topological polar surface area (TPSA) is 77.3 Å². The molecule has 0 unspecified atom stereocenters. The molecule has 0 atom stereocenters. The molecule has 136 valence electrons. The summed E-state index contributed by atoms with van der Waals surface area (Å²) in [5, 5.41) is 17.6. The first-order valence-electron chi connectivity index (χ1n) is 7.46. The zero-order chi connectivity index (χ0) is 17.8. The van der Waals surface area contributed by atoms with Crippen LogP contribution in [-0.4, -0.2) is 16.5 Å². The first-order valence-corrected chi connectivity index (χ1v) is 8.72. The van der Waals surface area contributed by atoms with E-state index in [1.807, 2.05) is 17.5 Å². The lowest BCUT2D eigenvalue weighted by Gasteiger charge is -2.05. The Morgan fingerprint density at radius 3 is 2.65 bits per heavy atom. The maximum absolute atomic E-state index is 11.2. The number of hydrogen-bond donors (Lipinski definition) is 1. The van der Waals surface area contributed by atoms with E-state index in [0.29, 0.717) is 28.0 Å². The minimum atomic E-state index is -0.451. The minimum Gasteiger partial charge on any atom is -0.487 e. The Bertz CT molecular complexity index is 903. The fraction of sp³-hybridized carbons (Fsp3) is 0.118. The van der Waals surface area contributed by atoms with Crippen molar-refractivity contribution >= 4 is 56.4 Å². The lowest BCUT2D eigenvalue weighted by Crippen LogP contribution is -1.97. The molecule has 0 aliphatic heterocycles. The molecule has 2 aromatic carbocycles. The lowest BCUT2D eigenvalue weighted by atomic mass is 10.1. The van der Waals surface area contributed by atoms with Gasteiger partial charge in [0.15, 0.2) is 10.9 Å². The number of thiazole rings is 1. The van der Waals surface area contributed by atoms with E-state index < -0.39 is 4.92 Å². The Kier molecular flexibility index (Phi) is 6.96. The number of ether oxygens (including phenoxy) is 1. The molecule has 0 saturated carbocycles. The van der Waals surface area contributed by atoms with Crippen molar-refractivity contribution in [2.24, 2.45) is 0 Å². The van der Waals surface area contributed by atoms with Crippen molar-refractivity contribution in [3.63, 3.8) is 0 Å². The number of nitro groups is 1. The van der Waals surface area contributed by atoms with Crippen molar-refractivity contribution < 1.29 is 9.66 Å². The number of rotatable bonds is 6. The van der Waals surface area contributed by atoms with Crippen LogP contribution in [0.4, 0.5) is 16.5 Å². The van der Waals surface area contributed by atoms with E-state index in [-0.39, 0.29) is 28.4 Å². The van der Waals surface area contributed by atoms with Crippen LogP contribution >= 0.6 is 39.9 Å². The Labute approximate surface area is 169 Å². The van der Waals surface area contributed by atoms with Gasteiger partial charge in [0.2, 0.25) is 0 Å². The van der Waals surface area contributed by atoms with Gasteiger partial charge in [0, 0.05) is 27.7 Å². The van der Waals surface area contributed by atoms with Crippen LogP contribution in [0.2, 0.25) is 5.02 Å². The van der Waals surface area contributed by atoms with Gasteiger partial charge in [-0.1, -0.05) is 11.6 Å². The van der Waals surface area contributed by atoms with Crippen LogP contribution in [0, 0.1) is 10.1 Å². The highest BCUT2D eigenvalue weighted by atomic mass is 79.9. The zero-order valence-electron chi connectivity index (χ0n) is 13.6. The smallest absolute Gasteiger partial charge is 0.311 e. The van der Waals surface area contributed by atoms with Crippen LogP contribution in [0.25, 0.3) is 11.3 Å². The summed E-state index contributed by atoms with van der Waals surface area (Å²) in [6.45, 7) is 2.15. The van der Waals surface area contributed by atoms with Gasteiger partial charge in [-0.3, -0.25) is 10.1 Å². The van der Waals surface area contributed by atoms with Gasteiger partial charge in [-0.25, -0.2) is 4.98 Å². The molecule has 0 aliphatic carbocycles. The van der Waals surface area contributed by atoms with Crippen LogP contribution in [-0.2, 0) is 0 Å². The maximum atomic E-state index is 11.2. The van der Waals surface area contributed by atoms with Crippen molar-refractivity contribution in [3.8, 4) is 17.0 Å². The monoisotopic (exact) mass is 455 g/mol. The van der Waals surface area contributed by atoms with Crippen molar-refractivity contribution in [2.45, 2.75) is 6.92 Å². The quantitative estimate of drug-likeness (QED) is 0.358. The van der Waals surface area contributed by atoms with E-state index in [4.69, 9.17) is 16.3 Å². The second-order valence-corrected chi connectivity index (χ2v) is 6.34. The van der Waals surface area contributed by atoms with E-state index in [1.54, 1.807) is 31.2 Å². The number of hydrogen-bond acceptors (Lipinski definition) is 6. The van der Waals surface area contributed by atoms with Crippen LogP contribution in [0.5, 0.6) is 5.75 Å². The largest absolute Gasteiger partial charge is 0.487 e. The van der Waals surface area contributed by atoms with Crippen LogP contribution in [0.3, 0.4) is 0 Å². The molecule has 3 rings (SSSR count). The Morgan fingerprint density at radius 2 is 2.00 bits per heavy atom. The number of benzene rings is 2. The van der Waals surface area contributed by atoms with Crippen molar-refractivity contribution in [2.75, 3.05) is 11.9 Å². The molecule has 1 heterocycles. The van der Waals surface area contributed by atoms with Crippen molar-refractivity contribution in [1.29, 1.82) is 0 Å². The standard InChI is InChI=1S/C17H14ClN3O3S.BrH/c1-2-24-16-8-3-11(9-15(16)21(22)23)14-10-25-17(20-14)19-13-6-4-12(18)5-7-13;/h3-10H,2H2,1H3,(H,19,20);1H. The highest BCUT2D eigenvalue weighted by molar-refractivity contribution is 8.93. The summed E-state index contributed by atoms with van der Waals surface area (Å²) < 4.78 is 5.30. The van der Waals surface area contributed by atoms with Crippen molar-refractivity contribution in [3.05, 3.63) is 63.0 Å². The second-order valence-electron chi connectivity index (χ2n) is 5.04. The normalized spacial score (nSPS) is 10.1. The van der Waals surface area contributed by atoms with E-state index >= 15 is 0 Å². The third-order valence-electron chi connectivity index (χ3n) is 3.35. The van der Waals surface area contributed by atoms with Gasteiger partial charge in [0.05, 0.1) is 17.2 Å².